The zero-order valence-electron chi connectivity index (χ0n) is 35.9. The Morgan fingerprint density at radius 2 is 0.944 bits per heavy atom. The summed E-state index contributed by atoms with van der Waals surface area (Å²) in [5, 5.41) is 0. The lowest BCUT2D eigenvalue weighted by atomic mass is 10.0. The van der Waals surface area contributed by atoms with Gasteiger partial charge in [0.15, 0.2) is 6.10 Å². The molecule has 0 heterocycles. The first kappa shape index (κ1) is 52.8. The predicted molar refractivity (Wildman–Crippen MR) is 222 cm³/mol. The first-order valence-electron chi connectivity index (χ1n) is 22.4. The number of ether oxygens (including phenoxy) is 2. The molecule has 9 nitrogen and oxygen atoms in total. The van der Waals surface area contributed by atoms with E-state index >= 15 is 0 Å². The molecule has 0 rings (SSSR count). The molecule has 0 spiro atoms. The second-order valence-electron chi connectivity index (χ2n) is 16.4. The maximum atomic E-state index is 12.7. The van der Waals surface area contributed by atoms with Crippen LogP contribution in [0.2, 0.25) is 0 Å². The van der Waals surface area contributed by atoms with Crippen LogP contribution in [-0.2, 0) is 32.7 Å². The van der Waals surface area contributed by atoms with E-state index in [0.29, 0.717) is 17.4 Å². The van der Waals surface area contributed by atoms with Gasteiger partial charge in [-0.05, 0) is 38.5 Å². The van der Waals surface area contributed by atoms with Crippen molar-refractivity contribution in [2.45, 2.75) is 213 Å². The minimum absolute atomic E-state index is 0.0289. The highest BCUT2D eigenvalue weighted by atomic mass is 31.2. The van der Waals surface area contributed by atoms with Crippen LogP contribution in [0, 0.1) is 0 Å². The molecule has 0 saturated carbocycles. The van der Waals surface area contributed by atoms with Crippen LogP contribution in [0.15, 0.2) is 12.2 Å². The average molecular weight is 788 g/mol. The lowest BCUT2D eigenvalue weighted by Crippen LogP contribution is -2.37. The molecule has 0 aromatic heterocycles. The van der Waals surface area contributed by atoms with Crippen molar-refractivity contribution in [3.05, 3.63) is 12.2 Å². The minimum atomic E-state index is -4.62. The Balaban J connectivity index is 4.32. The van der Waals surface area contributed by atoms with Gasteiger partial charge in [0.2, 0.25) is 0 Å². The Bertz CT molecular complexity index is 938. The number of nitrogens with zero attached hydrogens (tertiary/aromatic N) is 1. The number of rotatable bonds is 41. The van der Waals surface area contributed by atoms with Crippen LogP contribution in [0.25, 0.3) is 0 Å². The van der Waals surface area contributed by atoms with Crippen molar-refractivity contribution in [1.29, 1.82) is 0 Å². The van der Waals surface area contributed by atoms with E-state index < -0.39 is 26.5 Å². The number of hydrogen-bond donors (Lipinski definition) is 0. The summed E-state index contributed by atoms with van der Waals surface area (Å²) in [6, 6.07) is 0. The number of quaternary nitrogens is 1. The Kier molecular flexibility index (Phi) is 36.5. The van der Waals surface area contributed by atoms with Gasteiger partial charge in [-0.15, -0.1) is 0 Å². The van der Waals surface area contributed by atoms with E-state index in [2.05, 4.69) is 26.0 Å². The minimum Gasteiger partial charge on any atom is -0.756 e. The van der Waals surface area contributed by atoms with E-state index in [1.807, 2.05) is 21.1 Å². The van der Waals surface area contributed by atoms with Crippen LogP contribution in [-0.4, -0.2) is 70.0 Å². The Labute approximate surface area is 333 Å². The average Bonchev–Trinajstić information content (AvgIpc) is 3.12. The number of allylic oxidation sites excluding steroid dienone is 2. The number of likely N-dealkylation sites (N-methyl/N-ethyl adjacent to an activating group) is 1. The van der Waals surface area contributed by atoms with Gasteiger partial charge in [-0.25, -0.2) is 0 Å². The highest BCUT2D eigenvalue weighted by Gasteiger charge is 2.21. The van der Waals surface area contributed by atoms with E-state index in [0.717, 1.165) is 51.4 Å². The van der Waals surface area contributed by atoms with Crippen LogP contribution < -0.4 is 4.89 Å². The molecule has 0 aromatic rings. The highest BCUT2D eigenvalue weighted by molar-refractivity contribution is 7.45. The van der Waals surface area contributed by atoms with Crippen molar-refractivity contribution < 1.29 is 42.1 Å². The molecule has 0 aliphatic rings. The molecule has 0 aliphatic heterocycles. The van der Waals surface area contributed by atoms with Gasteiger partial charge in [-0.3, -0.25) is 14.2 Å². The number of unbranched alkanes of at least 4 members (excludes halogenated alkanes) is 25. The van der Waals surface area contributed by atoms with Gasteiger partial charge in [-0.2, -0.15) is 0 Å². The van der Waals surface area contributed by atoms with Gasteiger partial charge in [-0.1, -0.05) is 167 Å². The van der Waals surface area contributed by atoms with Gasteiger partial charge in [0.1, 0.15) is 19.8 Å². The molecule has 2 atom stereocenters. The van der Waals surface area contributed by atoms with Gasteiger partial charge in [0.05, 0.1) is 27.7 Å². The molecule has 0 saturated heterocycles. The topological polar surface area (TPSA) is 111 Å². The van der Waals surface area contributed by atoms with E-state index in [1.165, 1.54) is 122 Å². The predicted octanol–water partition coefficient (Wildman–Crippen LogP) is 11.9. The number of phosphoric acid groups is 1. The SMILES string of the molecule is CCCCCC/C=C/CCCCCCCC(=O)OC[C@H](COP(=O)([O-])OCC[N+](C)(C)C)OC(=O)CCCCCCCCCCCCCCCCCCC. The summed E-state index contributed by atoms with van der Waals surface area (Å²) in [6.45, 7) is 4.23. The lowest BCUT2D eigenvalue weighted by Gasteiger charge is -2.28. The smallest absolute Gasteiger partial charge is 0.306 e. The van der Waals surface area contributed by atoms with Gasteiger partial charge in [0, 0.05) is 12.8 Å². The third kappa shape index (κ3) is 40.4. The molecule has 10 heteroatoms. The summed E-state index contributed by atoms with van der Waals surface area (Å²) in [4.78, 5) is 37.5. The zero-order chi connectivity index (χ0) is 40.0. The van der Waals surface area contributed by atoms with Crippen LogP contribution in [0.5, 0.6) is 0 Å². The largest absolute Gasteiger partial charge is 0.756 e. The fourth-order valence-electron chi connectivity index (χ4n) is 6.24. The van der Waals surface area contributed by atoms with Gasteiger partial charge < -0.3 is 27.9 Å². The number of esters is 2. The molecule has 0 N–H and O–H groups in total. The normalized spacial score (nSPS) is 13.7. The third-order valence-electron chi connectivity index (χ3n) is 9.79. The highest BCUT2D eigenvalue weighted by Crippen LogP contribution is 2.38. The van der Waals surface area contributed by atoms with E-state index in [1.54, 1.807) is 0 Å². The fourth-order valence-corrected chi connectivity index (χ4v) is 6.97. The third-order valence-corrected chi connectivity index (χ3v) is 10.7. The molecule has 0 bridgehead atoms. The second-order valence-corrected chi connectivity index (χ2v) is 17.8. The molecule has 0 amide bonds. The molecule has 0 aromatic carbocycles. The molecule has 0 radical (unpaired) electrons. The molecule has 1 unspecified atom stereocenters. The molecular formula is C44H86NO8P. The molecule has 0 aliphatic carbocycles. The van der Waals surface area contributed by atoms with Crippen molar-refractivity contribution >= 4 is 19.8 Å². The Morgan fingerprint density at radius 1 is 0.556 bits per heavy atom. The summed E-state index contributed by atoms with van der Waals surface area (Å²) in [7, 11) is 1.17. The molecule has 320 valence electrons. The first-order valence-corrected chi connectivity index (χ1v) is 23.9. The van der Waals surface area contributed by atoms with Crippen LogP contribution in [0.3, 0.4) is 0 Å². The summed E-state index contributed by atoms with van der Waals surface area (Å²) in [6.07, 6.45) is 38.0. The molecule has 0 fully saturated rings. The van der Waals surface area contributed by atoms with Crippen LogP contribution in [0.4, 0.5) is 0 Å². The van der Waals surface area contributed by atoms with Crippen molar-refractivity contribution in [2.75, 3.05) is 47.5 Å². The number of hydrogen-bond acceptors (Lipinski definition) is 8. The maximum Gasteiger partial charge on any atom is 0.306 e. The first-order chi connectivity index (χ1) is 26.0. The quantitative estimate of drug-likeness (QED) is 0.0198. The number of carbonyl (C=O) groups is 2. The number of carbonyl (C=O) groups excluding carboxylic acids is 2. The van der Waals surface area contributed by atoms with Crippen molar-refractivity contribution in [1.82, 2.24) is 0 Å². The number of phosphoric ester groups is 1. The second kappa shape index (κ2) is 37.3. The molecule has 54 heavy (non-hydrogen) atoms. The van der Waals surface area contributed by atoms with E-state index in [-0.39, 0.29) is 32.0 Å². The van der Waals surface area contributed by atoms with Crippen molar-refractivity contribution in [2.24, 2.45) is 0 Å². The van der Waals surface area contributed by atoms with Crippen LogP contribution in [0.1, 0.15) is 206 Å². The summed E-state index contributed by atoms with van der Waals surface area (Å²) in [5.41, 5.74) is 0. The summed E-state index contributed by atoms with van der Waals surface area (Å²) < 4.78 is 33.9. The van der Waals surface area contributed by atoms with Crippen molar-refractivity contribution in [3.8, 4) is 0 Å². The van der Waals surface area contributed by atoms with E-state index in [9.17, 15) is 19.0 Å². The monoisotopic (exact) mass is 788 g/mol. The van der Waals surface area contributed by atoms with Gasteiger partial charge in [0.25, 0.3) is 7.82 Å². The van der Waals surface area contributed by atoms with E-state index in [4.69, 9.17) is 18.5 Å². The van der Waals surface area contributed by atoms with Crippen molar-refractivity contribution in [3.63, 3.8) is 0 Å². The Morgan fingerprint density at radius 3 is 1.39 bits per heavy atom. The maximum absolute atomic E-state index is 12.7. The summed E-state index contributed by atoms with van der Waals surface area (Å²) >= 11 is 0. The summed E-state index contributed by atoms with van der Waals surface area (Å²) in [5.74, 6) is -0.835. The standard InChI is InChI=1S/C44H86NO8P/c1-6-8-10-12-14-16-18-20-21-22-23-25-27-29-31-33-35-37-44(47)53-42(41-52-54(48,49)51-39-38-45(3,4)5)40-50-43(46)36-34-32-30-28-26-24-19-17-15-13-11-9-7-2/h17,19,42H,6-16,18,20-41H2,1-5H3/b19-17+/t42-/m1/s1. The zero-order valence-corrected chi connectivity index (χ0v) is 36.8. The Hall–Kier alpha value is -1.25. The lowest BCUT2D eigenvalue weighted by molar-refractivity contribution is -0.870. The van der Waals surface area contributed by atoms with Gasteiger partial charge >= 0.3 is 11.9 Å². The fraction of sp³-hybridized carbons (Fsp3) is 0.909. The van der Waals surface area contributed by atoms with Crippen LogP contribution >= 0.6 is 7.82 Å². The molecular weight excluding hydrogens is 701 g/mol.